The molecule has 0 radical (unpaired) electrons. The van der Waals surface area contributed by atoms with E-state index in [1.165, 1.54) is 64.2 Å². The van der Waals surface area contributed by atoms with E-state index in [4.69, 9.17) is 0 Å². The SMILES string of the molecule is O=S1C2(C3CC4CC(C3)CC2C4)C12C1CC3CC(C1)CC2C3. The Morgan fingerprint density at radius 3 is 1.05 bits per heavy atom. The second kappa shape index (κ2) is 3.55. The molecule has 8 aliphatic carbocycles. The maximum Gasteiger partial charge on any atom is 0.0698 e. The van der Waals surface area contributed by atoms with Crippen LogP contribution in [0.2, 0.25) is 0 Å². The minimum absolute atomic E-state index is 0.350. The third-order valence-electron chi connectivity index (χ3n) is 9.88. The molecule has 1 aliphatic heterocycles. The smallest absolute Gasteiger partial charge is 0.0698 e. The molecule has 120 valence electrons. The van der Waals surface area contributed by atoms with Gasteiger partial charge in [0.15, 0.2) is 0 Å². The first-order valence-electron chi connectivity index (χ1n) is 10.1. The van der Waals surface area contributed by atoms with Gasteiger partial charge in [0.25, 0.3) is 0 Å². The standard InChI is InChI=1S/C20H28OS/c21-22-19(15-3-11-1-12(5-15)6-16(19)4-11)20(22)17-7-13-2-14(9-17)10-18(20)8-13/h11-18H,1-10H2. The third kappa shape index (κ3) is 1.07. The summed E-state index contributed by atoms with van der Waals surface area (Å²) in [5.41, 5.74) is 0. The molecule has 1 saturated heterocycles. The molecule has 9 fully saturated rings. The van der Waals surface area contributed by atoms with E-state index in [2.05, 4.69) is 0 Å². The lowest BCUT2D eigenvalue weighted by atomic mass is 9.42. The Balaban J connectivity index is 1.39. The summed E-state index contributed by atoms with van der Waals surface area (Å²) in [7, 11) is -0.458. The van der Waals surface area contributed by atoms with Crippen molar-refractivity contribution in [3.8, 4) is 0 Å². The van der Waals surface area contributed by atoms with Crippen molar-refractivity contribution in [3.63, 3.8) is 0 Å². The summed E-state index contributed by atoms with van der Waals surface area (Å²) >= 11 is 0. The molecule has 0 atom stereocenters. The van der Waals surface area contributed by atoms with Gasteiger partial charge >= 0.3 is 0 Å². The lowest BCUT2D eigenvalue weighted by molar-refractivity contribution is -0.0747. The van der Waals surface area contributed by atoms with Gasteiger partial charge in [-0.2, -0.15) is 0 Å². The fourth-order valence-corrected chi connectivity index (χ4v) is 13.5. The summed E-state index contributed by atoms with van der Waals surface area (Å²) in [6, 6.07) is 0. The quantitative estimate of drug-likeness (QED) is 0.614. The Morgan fingerprint density at radius 2 is 0.773 bits per heavy atom. The van der Waals surface area contributed by atoms with Crippen molar-refractivity contribution in [2.75, 3.05) is 0 Å². The van der Waals surface area contributed by atoms with Crippen LogP contribution in [0.5, 0.6) is 0 Å². The highest BCUT2D eigenvalue weighted by atomic mass is 32.2. The van der Waals surface area contributed by atoms with Crippen LogP contribution < -0.4 is 0 Å². The van der Waals surface area contributed by atoms with Gasteiger partial charge in [-0.3, -0.25) is 4.21 Å². The molecule has 1 nitrogen and oxygen atoms in total. The summed E-state index contributed by atoms with van der Waals surface area (Å²) in [5.74, 6) is 7.62. The van der Waals surface area contributed by atoms with Gasteiger partial charge in [0.05, 0.1) is 9.49 Å². The zero-order chi connectivity index (χ0) is 14.3. The van der Waals surface area contributed by atoms with E-state index in [-0.39, 0.29) is 0 Å². The molecule has 9 rings (SSSR count). The van der Waals surface area contributed by atoms with Crippen LogP contribution in [-0.4, -0.2) is 13.7 Å². The molecule has 9 aliphatic rings. The largest absolute Gasteiger partial charge is 0.258 e. The Labute approximate surface area is 136 Å². The van der Waals surface area contributed by atoms with E-state index in [1.807, 2.05) is 0 Å². The normalized spacial score (nSPS) is 72.6. The van der Waals surface area contributed by atoms with Crippen LogP contribution in [0.1, 0.15) is 64.2 Å². The zero-order valence-electron chi connectivity index (χ0n) is 13.5. The molecule has 0 aromatic carbocycles. The molecule has 2 spiro atoms. The lowest BCUT2D eigenvalue weighted by Crippen LogP contribution is -2.61. The lowest BCUT2D eigenvalue weighted by Gasteiger charge is -2.60. The van der Waals surface area contributed by atoms with E-state index in [0.29, 0.717) is 9.49 Å². The van der Waals surface area contributed by atoms with Gasteiger partial charge in [-0.15, -0.1) is 0 Å². The molecule has 8 saturated carbocycles. The molecule has 0 N–H and O–H groups in total. The Kier molecular flexibility index (Phi) is 2.02. The van der Waals surface area contributed by atoms with Crippen molar-refractivity contribution in [1.82, 2.24) is 0 Å². The van der Waals surface area contributed by atoms with Gasteiger partial charge in [-0.1, -0.05) is 0 Å². The third-order valence-corrected chi connectivity index (χ3v) is 12.9. The number of rotatable bonds is 0. The van der Waals surface area contributed by atoms with Crippen LogP contribution in [0.3, 0.4) is 0 Å². The summed E-state index contributed by atoms with van der Waals surface area (Å²) in [4.78, 5) is 0. The van der Waals surface area contributed by atoms with Crippen molar-refractivity contribution in [3.05, 3.63) is 0 Å². The van der Waals surface area contributed by atoms with Crippen LogP contribution in [0.25, 0.3) is 0 Å². The Bertz CT molecular complexity index is 487. The summed E-state index contributed by atoms with van der Waals surface area (Å²) in [6.07, 6.45) is 14.8. The van der Waals surface area contributed by atoms with Crippen LogP contribution in [-0.2, 0) is 10.8 Å². The van der Waals surface area contributed by atoms with E-state index < -0.39 is 10.8 Å². The van der Waals surface area contributed by atoms with Gasteiger partial charge in [0.2, 0.25) is 0 Å². The summed E-state index contributed by atoms with van der Waals surface area (Å²) in [5, 5.41) is 0. The highest BCUT2D eigenvalue weighted by molar-refractivity contribution is 7.96. The number of hydrogen-bond donors (Lipinski definition) is 0. The van der Waals surface area contributed by atoms with Gasteiger partial charge in [0.1, 0.15) is 0 Å². The molecule has 1 heterocycles. The Hall–Kier alpha value is 0.150. The molecule has 0 amide bonds. The van der Waals surface area contributed by atoms with Crippen molar-refractivity contribution >= 4 is 10.8 Å². The monoisotopic (exact) mass is 316 g/mol. The second-order valence-corrected chi connectivity index (χ2v) is 12.4. The molecular weight excluding hydrogens is 288 g/mol. The molecule has 8 bridgehead atoms. The average molecular weight is 317 g/mol. The van der Waals surface area contributed by atoms with E-state index in [0.717, 1.165) is 47.3 Å². The predicted octanol–water partition coefficient (Wildman–Crippen LogP) is 4.14. The summed E-state index contributed by atoms with van der Waals surface area (Å²) in [6.45, 7) is 0. The van der Waals surface area contributed by atoms with Crippen molar-refractivity contribution < 1.29 is 4.21 Å². The zero-order valence-corrected chi connectivity index (χ0v) is 14.3. The van der Waals surface area contributed by atoms with Crippen LogP contribution >= 0.6 is 0 Å². The molecule has 0 unspecified atom stereocenters. The predicted molar refractivity (Wildman–Crippen MR) is 87.7 cm³/mol. The topological polar surface area (TPSA) is 17.1 Å². The van der Waals surface area contributed by atoms with Gasteiger partial charge < -0.3 is 0 Å². The van der Waals surface area contributed by atoms with Gasteiger partial charge in [-0.25, -0.2) is 0 Å². The fraction of sp³-hybridized carbons (Fsp3) is 1.00. The summed E-state index contributed by atoms with van der Waals surface area (Å²) < 4.78 is 14.5. The van der Waals surface area contributed by atoms with Crippen LogP contribution in [0.15, 0.2) is 0 Å². The first-order valence-corrected chi connectivity index (χ1v) is 11.3. The number of hydrogen-bond acceptors (Lipinski definition) is 1. The minimum Gasteiger partial charge on any atom is -0.258 e. The molecule has 0 aromatic rings. The fourth-order valence-electron chi connectivity index (χ4n) is 10.0. The molecule has 0 aromatic heterocycles. The minimum atomic E-state index is -0.458. The molecule has 2 heteroatoms. The highest BCUT2D eigenvalue weighted by Gasteiger charge is 2.88. The van der Waals surface area contributed by atoms with Crippen molar-refractivity contribution in [2.45, 2.75) is 73.7 Å². The van der Waals surface area contributed by atoms with E-state index in [9.17, 15) is 4.21 Å². The second-order valence-electron chi connectivity index (χ2n) is 10.5. The average Bonchev–Trinajstić information content (AvgIpc) is 3.02. The van der Waals surface area contributed by atoms with Gasteiger partial charge in [-0.05, 0) is 112 Å². The Morgan fingerprint density at radius 1 is 0.500 bits per heavy atom. The van der Waals surface area contributed by atoms with E-state index in [1.54, 1.807) is 0 Å². The van der Waals surface area contributed by atoms with Crippen LogP contribution in [0, 0.1) is 47.3 Å². The van der Waals surface area contributed by atoms with Crippen LogP contribution in [0.4, 0.5) is 0 Å². The highest BCUT2D eigenvalue weighted by Crippen LogP contribution is 2.81. The maximum atomic E-state index is 13.8. The first-order chi connectivity index (χ1) is 10.7. The van der Waals surface area contributed by atoms with E-state index >= 15 is 0 Å². The maximum absolute atomic E-state index is 13.8. The van der Waals surface area contributed by atoms with Gasteiger partial charge in [0, 0.05) is 10.8 Å². The van der Waals surface area contributed by atoms with Crippen molar-refractivity contribution in [1.29, 1.82) is 0 Å². The molecule has 22 heavy (non-hydrogen) atoms. The molecular formula is C20H28OS. The first kappa shape index (κ1) is 12.5. The van der Waals surface area contributed by atoms with Crippen molar-refractivity contribution in [2.24, 2.45) is 47.3 Å².